The molecule has 6 nitrogen and oxygen atoms in total. The highest BCUT2D eigenvalue weighted by Crippen LogP contribution is 2.31. The van der Waals surface area contributed by atoms with E-state index in [0.29, 0.717) is 5.03 Å². The average Bonchev–Trinajstić information content (AvgIpc) is 2.95. The summed E-state index contributed by atoms with van der Waals surface area (Å²) >= 11 is 1.25. The van der Waals surface area contributed by atoms with E-state index in [2.05, 4.69) is 11.4 Å². The Kier molecular flexibility index (Phi) is 5.98. The lowest BCUT2D eigenvalue weighted by Crippen LogP contribution is -2.40. The summed E-state index contributed by atoms with van der Waals surface area (Å²) in [6.07, 6.45) is 4.21. The van der Waals surface area contributed by atoms with Gasteiger partial charge in [0.1, 0.15) is 6.54 Å². The lowest BCUT2D eigenvalue weighted by atomic mass is 9.88. The SMILES string of the molecule is CCOC(=O)/C=C1/SCC(=O)N1CC(=O)N[C@H]1CCCc2ccccc21. The van der Waals surface area contributed by atoms with E-state index >= 15 is 0 Å². The average molecular weight is 374 g/mol. The summed E-state index contributed by atoms with van der Waals surface area (Å²) < 4.78 is 4.89. The topological polar surface area (TPSA) is 75.7 Å². The molecule has 1 fully saturated rings. The van der Waals surface area contributed by atoms with Crippen LogP contribution < -0.4 is 5.32 Å². The number of amides is 2. The van der Waals surface area contributed by atoms with E-state index in [9.17, 15) is 14.4 Å². The Hall–Kier alpha value is -2.28. The number of thioether (sulfide) groups is 1. The zero-order valence-corrected chi connectivity index (χ0v) is 15.5. The summed E-state index contributed by atoms with van der Waals surface area (Å²) in [5, 5.41) is 3.50. The number of aryl methyl sites for hydroxylation is 1. The molecule has 1 aromatic carbocycles. The summed E-state index contributed by atoms with van der Waals surface area (Å²) in [5.74, 6) is -0.677. The van der Waals surface area contributed by atoms with Crippen molar-refractivity contribution in [2.45, 2.75) is 32.2 Å². The highest BCUT2D eigenvalue weighted by Gasteiger charge is 2.30. The number of fused-ring (bicyclic) bond motifs is 1. The van der Waals surface area contributed by atoms with Crippen LogP contribution in [0.4, 0.5) is 0 Å². The van der Waals surface area contributed by atoms with E-state index in [-0.39, 0.29) is 36.8 Å². The zero-order chi connectivity index (χ0) is 18.5. The maximum absolute atomic E-state index is 12.5. The Morgan fingerprint density at radius 2 is 2.19 bits per heavy atom. The van der Waals surface area contributed by atoms with Crippen molar-refractivity contribution in [3.8, 4) is 0 Å². The smallest absolute Gasteiger partial charge is 0.333 e. The lowest BCUT2D eigenvalue weighted by molar-refractivity contribution is -0.137. The summed E-state index contributed by atoms with van der Waals surface area (Å²) in [6, 6.07) is 8.09. The van der Waals surface area contributed by atoms with Gasteiger partial charge in [0.25, 0.3) is 0 Å². The van der Waals surface area contributed by atoms with E-state index < -0.39 is 5.97 Å². The molecule has 2 amide bonds. The van der Waals surface area contributed by atoms with E-state index in [4.69, 9.17) is 4.74 Å². The Labute approximate surface area is 157 Å². The van der Waals surface area contributed by atoms with E-state index in [1.807, 2.05) is 18.2 Å². The molecular weight excluding hydrogens is 352 g/mol. The van der Waals surface area contributed by atoms with Gasteiger partial charge in [0.15, 0.2) is 0 Å². The zero-order valence-electron chi connectivity index (χ0n) is 14.7. The fourth-order valence-electron chi connectivity index (χ4n) is 3.27. The number of hydrogen-bond acceptors (Lipinski definition) is 5. The van der Waals surface area contributed by atoms with Gasteiger partial charge in [-0.1, -0.05) is 36.0 Å². The van der Waals surface area contributed by atoms with Crippen LogP contribution in [0.2, 0.25) is 0 Å². The number of nitrogens with one attached hydrogen (secondary N) is 1. The molecule has 3 rings (SSSR count). The fraction of sp³-hybridized carbons (Fsp3) is 0.421. The Morgan fingerprint density at radius 1 is 1.38 bits per heavy atom. The molecule has 1 aliphatic heterocycles. The predicted octanol–water partition coefficient (Wildman–Crippen LogP) is 2.16. The number of ether oxygens (including phenoxy) is 1. The van der Waals surface area contributed by atoms with Crippen LogP contribution in [0.25, 0.3) is 0 Å². The molecule has 0 spiro atoms. The molecule has 138 valence electrons. The minimum absolute atomic E-state index is 0.0321. The van der Waals surface area contributed by atoms with Gasteiger partial charge in [0, 0.05) is 0 Å². The molecule has 1 saturated heterocycles. The number of esters is 1. The van der Waals surface area contributed by atoms with Crippen LogP contribution in [0.5, 0.6) is 0 Å². The lowest BCUT2D eigenvalue weighted by Gasteiger charge is -2.27. The van der Waals surface area contributed by atoms with Gasteiger partial charge in [-0.05, 0) is 37.3 Å². The van der Waals surface area contributed by atoms with E-state index in [0.717, 1.165) is 24.8 Å². The molecule has 1 heterocycles. The molecule has 0 aromatic heterocycles. The summed E-state index contributed by atoms with van der Waals surface area (Å²) in [7, 11) is 0. The van der Waals surface area contributed by atoms with Crippen molar-refractivity contribution in [3.05, 3.63) is 46.5 Å². The maximum atomic E-state index is 12.5. The maximum Gasteiger partial charge on any atom is 0.333 e. The van der Waals surface area contributed by atoms with Crippen LogP contribution in [-0.2, 0) is 25.5 Å². The quantitative estimate of drug-likeness (QED) is 0.631. The Balaban J connectivity index is 1.66. The van der Waals surface area contributed by atoms with Gasteiger partial charge in [-0.25, -0.2) is 4.79 Å². The Morgan fingerprint density at radius 3 is 3.00 bits per heavy atom. The normalized spacial score (nSPS) is 20.8. The second kappa shape index (κ2) is 8.40. The third-order valence-corrected chi connectivity index (χ3v) is 5.47. The highest BCUT2D eigenvalue weighted by molar-refractivity contribution is 8.04. The van der Waals surface area contributed by atoms with E-state index in [1.54, 1.807) is 6.92 Å². The van der Waals surface area contributed by atoms with Crippen molar-refractivity contribution in [3.63, 3.8) is 0 Å². The van der Waals surface area contributed by atoms with Crippen molar-refractivity contribution < 1.29 is 19.1 Å². The molecular formula is C19H22N2O4S. The van der Waals surface area contributed by atoms with Crippen molar-refractivity contribution >= 4 is 29.5 Å². The highest BCUT2D eigenvalue weighted by atomic mass is 32.2. The molecule has 0 bridgehead atoms. The van der Waals surface area contributed by atoms with Crippen molar-refractivity contribution in [1.29, 1.82) is 0 Å². The molecule has 7 heteroatoms. The largest absolute Gasteiger partial charge is 0.463 e. The number of hydrogen-bond donors (Lipinski definition) is 1. The number of rotatable bonds is 5. The Bertz CT molecular complexity index is 747. The molecule has 0 saturated carbocycles. The van der Waals surface area contributed by atoms with Crippen LogP contribution >= 0.6 is 11.8 Å². The van der Waals surface area contributed by atoms with Crippen molar-refractivity contribution in [2.24, 2.45) is 0 Å². The molecule has 2 aliphatic rings. The number of nitrogens with zero attached hydrogens (tertiary/aromatic N) is 1. The van der Waals surface area contributed by atoms with Crippen LogP contribution in [0.1, 0.15) is 36.9 Å². The van der Waals surface area contributed by atoms with Gasteiger partial charge in [0.2, 0.25) is 11.8 Å². The minimum atomic E-state index is -0.503. The van der Waals surface area contributed by atoms with Gasteiger partial charge in [-0.3, -0.25) is 14.5 Å². The predicted molar refractivity (Wildman–Crippen MR) is 99.2 cm³/mol. The first kappa shape index (κ1) is 18.5. The van der Waals surface area contributed by atoms with Gasteiger partial charge in [0.05, 0.1) is 29.5 Å². The standard InChI is InChI=1S/C19H22N2O4S/c1-2-25-19(24)10-18-21(17(23)12-26-18)11-16(22)20-15-9-5-7-13-6-3-4-8-14(13)15/h3-4,6,8,10,15H,2,5,7,9,11-12H2,1H3,(H,20,22)/b18-10+/t15-/m0/s1. The van der Waals surface area contributed by atoms with Crippen molar-refractivity contribution in [1.82, 2.24) is 10.2 Å². The van der Waals surface area contributed by atoms with Crippen LogP contribution in [-0.4, -0.2) is 41.6 Å². The number of carbonyl (C=O) groups is 3. The van der Waals surface area contributed by atoms with Crippen LogP contribution in [0, 0.1) is 0 Å². The third-order valence-electron chi connectivity index (χ3n) is 4.44. The monoisotopic (exact) mass is 374 g/mol. The van der Waals surface area contributed by atoms with Gasteiger partial charge >= 0.3 is 5.97 Å². The van der Waals surface area contributed by atoms with Crippen LogP contribution in [0.3, 0.4) is 0 Å². The fourth-order valence-corrected chi connectivity index (χ4v) is 4.20. The molecule has 26 heavy (non-hydrogen) atoms. The second-order valence-electron chi connectivity index (χ2n) is 6.21. The number of carbonyl (C=O) groups excluding carboxylic acids is 3. The molecule has 1 atom stereocenters. The van der Waals surface area contributed by atoms with Gasteiger partial charge in [-0.2, -0.15) is 0 Å². The minimum Gasteiger partial charge on any atom is -0.463 e. The first-order valence-electron chi connectivity index (χ1n) is 8.77. The van der Waals surface area contributed by atoms with E-state index in [1.165, 1.54) is 28.3 Å². The summed E-state index contributed by atoms with van der Waals surface area (Å²) in [5.41, 5.74) is 2.41. The first-order chi connectivity index (χ1) is 12.6. The van der Waals surface area contributed by atoms with Crippen LogP contribution in [0.15, 0.2) is 35.4 Å². The molecule has 0 unspecified atom stereocenters. The third kappa shape index (κ3) is 4.27. The second-order valence-corrected chi connectivity index (χ2v) is 7.21. The first-order valence-corrected chi connectivity index (χ1v) is 9.76. The molecule has 1 N–H and O–H groups in total. The van der Waals surface area contributed by atoms with Gasteiger partial charge < -0.3 is 10.1 Å². The van der Waals surface area contributed by atoms with Gasteiger partial charge in [-0.15, -0.1) is 0 Å². The number of benzene rings is 1. The van der Waals surface area contributed by atoms with Crippen molar-refractivity contribution in [2.75, 3.05) is 18.9 Å². The molecule has 1 aromatic rings. The molecule has 1 aliphatic carbocycles. The molecule has 0 radical (unpaired) electrons. The summed E-state index contributed by atoms with van der Waals surface area (Å²) in [6.45, 7) is 1.90. The summed E-state index contributed by atoms with van der Waals surface area (Å²) in [4.78, 5) is 37.6.